The highest BCUT2D eigenvalue weighted by atomic mass is 35.5. The van der Waals surface area contributed by atoms with Gasteiger partial charge >= 0.3 is 0 Å². The number of nitrogens with zero attached hydrogens (tertiary/aromatic N) is 2. The normalized spacial score (nSPS) is 12.0. The summed E-state index contributed by atoms with van der Waals surface area (Å²) in [5, 5.41) is 3.39. The molecule has 0 bridgehead atoms. The maximum absolute atomic E-state index is 13.7. The minimum Gasteiger partial charge on any atom is -0.357 e. The highest BCUT2D eigenvalue weighted by Gasteiger charge is 2.32. The van der Waals surface area contributed by atoms with E-state index in [9.17, 15) is 18.0 Å². The van der Waals surface area contributed by atoms with Crippen molar-refractivity contribution in [3.05, 3.63) is 94.0 Å². The van der Waals surface area contributed by atoms with Gasteiger partial charge in [-0.1, -0.05) is 59.1 Å². The van der Waals surface area contributed by atoms with Crippen molar-refractivity contribution in [1.29, 1.82) is 0 Å². The molecule has 2 amide bonds. The Bertz CT molecular complexity index is 1330. The Morgan fingerprint density at radius 2 is 1.56 bits per heavy atom. The third-order valence-electron chi connectivity index (χ3n) is 5.71. The van der Waals surface area contributed by atoms with E-state index in [0.717, 1.165) is 9.87 Å². The van der Waals surface area contributed by atoms with Gasteiger partial charge in [0.1, 0.15) is 12.6 Å². The van der Waals surface area contributed by atoms with Crippen molar-refractivity contribution in [2.45, 2.75) is 31.3 Å². The smallest absolute Gasteiger partial charge is 0.264 e. The average Bonchev–Trinajstić information content (AvgIpc) is 2.86. The number of hydrogen-bond acceptors (Lipinski definition) is 4. The summed E-state index contributed by atoms with van der Waals surface area (Å²) in [5.41, 5.74) is 1.79. The number of rotatable bonds is 9. The van der Waals surface area contributed by atoms with Crippen LogP contribution >= 0.6 is 23.2 Å². The van der Waals surface area contributed by atoms with Gasteiger partial charge in [0.2, 0.25) is 11.8 Å². The summed E-state index contributed by atoms with van der Waals surface area (Å²) in [4.78, 5) is 27.5. The minimum absolute atomic E-state index is 0.0200. The summed E-state index contributed by atoms with van der Waals surface area (Å²) in [7, 11) is -2.66. The lowest BCUT2D eigenvalue weighted by Crippen LogP contribution is -2.50. The highest BCUT2D eigenvalue weighted by Crippen LogP contribution is 2.26. The molecule has 3 rings (SSSR count). The van der Waals surface area contributed by atoms with Crippen LogP contribution in [0.3, 0.4) is 0 Å². The molecule has 3 aromatic carbocycles. The second-order valence-corrected chi connectivity index (χ2v) is 10.9. The Morgan fingerprint density at radius 3 is 2.14 bits per heavy atom. The molecule has 1 N–H and O–H groups in total. The lowest BCUT2D eigenvalue weighted by atomic mass is 10.1. The Morgan fingerprint density at radius 1 is 0.944 bits per heavy atom. The van der Waals surface area contributed by atoms with E-state index in [0.29, 0.717) is 15.6 Å². The second kappa shape index (κ2) is 11.8. The van der Waals surface area contributed by atoms with Crippen molar-refractivity contribution in [2.24, 2.45) is 0 Å². The molecule has 0 saturated carbocycles. The Labute approximate surface area is 221 Å². The number of amides is 2. The third kappa shape index (κ3) is 6.37. The van der Waals surface area contributed by atoms with Gasteiger partial charge in [0, 0.05) is 23.6 Å². The molecule has 10 heteroatoms. The van der Waals surface area contributed by atoms with Crippen LogP contribution < -0.4 is 9.62 Å². The third-order valence-corrected chi connectivity index (χ3v) is 8.12. The first kappa shape index (κ1) is 27.5. The minimum atomic E-state index is -4.13. The fraction of sp³-hybridized carbons (Fsp3) is 0.231. The van der Waals surface area contributed by atoms with E-state index >= 15 is 0 Å². The molecule has 0 heterocycles. The number of carbonyl (C=O) groups is 2. The van der Waals surface area contributed by atoms with Crippen molar-refractivity contribution >= 4 is 50.7 Å². The lowest BCUT2D eigenvalue weighted by molar-refractivity contribution is -0.139. The fourth-order valence-electron chi connectivity index (χ4n) is 3.58. The molecule has 0 radical (unpaired) electrons. The SMILES string of the molecule is CNC(=O)[C@H](C)N(Cc1ccccc1Cl)C(=O)CN(c1ccc(Cl)cc1)S(=O)(=O)c1ccc(C)cc1. The maximum atomic E-state index is 13.7. The molecule has 0 unspecified atom stereocenters. The van der Waals surface area contributed by atoms with Gasteiger partial charge in [0.25, 0.3) is 10.0 Å². The number of hydrogen-bond donors (Lipinski definition) is 1. The summed E-state index contributed by atoms with van der Waals surface area (Å²) in [6, 6.07) is 18.6. The molecule has 190 valence electrons. The number of benzene rings is 3. The van der Waals surface area contributed by atoms with Crippen LogP contribution in [-0.4, -0.2) is 44.8 Å². The zero-order chi connectivity index (χ0) is 26.5. The number of sulfonamides is 1. The number of carbonyl (C=O) groups excluding carboxylic acids is 2. The van der Waals surface area contributed by atoms with Gasteiger partial charge < -0.3 is 10.2 Å². The van der Waals surface area contributed by atoms with Crippen molar-refractivity contribution in [1.82, 2.24) is 10.2 Å². The molecule has 0 saturated heterocycles. The zero-order valence-electron chi connectivity index (χ0n) is 20.1. The standard InChI is InChI=1S/C26H27Cl2N3O4S/c1-18-8-14-23(15-9-18)36(34,35)31(22-12-10-21(27)11-13-22)17-25(32)30(19(2)26(33)29-3)16-20-6-4-5-7-24(20)28/h4-15,19H,16-17H2,1-3H3,(H,29,33)/t19-/m0/s1. The second-order valence-electron chi connectivity index (χ2n) is 8.20. The summed E-state index contributed by atoms with van der Waals surface area (Å²) in [6.45, 7) is 2.91. The lowest BCUT2D eigenvalue weighted by Gasteiger charge is -2.32. The maximum Gasteiger partial charge on any atom is 0.264 e. The highest BCUT2D eigenvalue weighted by molar-refractivity contribution is 7.92. The van der Waals surface area contributed by atoms with Crippen LogP contribution in [-0.2, 0) is 26.2 Å². The van der Waals surface area contributed by atoms with Crippen molar-refractivity contribution in [3.63, 3.8) is 0 Å². The van der Waals surface area contributed by atoms with Crippen LogP contribution in [0.2, 0.25) is 10.0 Å². The molecule has 3 aromatic rings. The van der Waals surface area contributed by atoms with Gasteiger partial charge in [0.05, 0.1) is 10.6 Å². The Kier molecular flexibility index (Phi) is 9.00. The largest absolute Gasteiger partial charge is 0.357 e. The quantitative estimate of drug-likeness (QED) is 0.422. The van der Waals surface area contributed by atoms with E-state index in [1.54, 1.807) is 55.5 Å². The molecule has 0 fully saturated rings. The molecule has 36 heavy (non-hydrogen) atoms. The molecule has 0 aliphatic carbocycles. The number of likely N-dealkylation sites (N-methyl/N-ethyl adjacent to an activating group) is 1. The number of nitrogens with one attached hydrogen (secondary N) is 1. The average molecular weight is 548 g/mol. The molecule has 0 aliphatic rings. The molecular weight excluding hydrogens is 521 g/mol. The van der Waals surface area contributed by atoms with Gasteiger partial charge in [0.15, 0.2) is 0 Å². The first-order chi connectivity index (χ1) is 17.0. The molecule has 0 spiro atoms. The molecule has 0 aliphatic heterocycles. The topological polar surface area (TPSA) is 86.8 Å². The van der Waals surface area contributed by atoms with E-state index in [1.165, 1.54) is 36.2 Å². The molecular formula is C26H27Cl2N3O4S. The van der Waals surface area contributed by atoms with Gasteiger partial charge in [-0.3, -0.25) is 13.9 Å². The van der Waals surface area contributed by atoms with E-state index < -0.39 is 34.4 Å². The van der Waals surface area contributed by atoms with Gasteiger partial charge in [-0.05, 0) is 61.9 Å². The first-order valence-corrected chi connectivity index (χ1v) is 13.3. The van der Waals surface area contributed by atoms with Crippen molar-refractivity contribution in [3.8, 4) is 0 Å². The Balaban J connectivity index is 2.03. The summed E-state index contributed by atoms with van der Waals surface area (Å²) < 4.78 is 28.4. The predicted octanol–water partition coefficient (Wildman–Crippen LogP) is 4.66. The Hall–Kier alpha value is -3.07. The van der Waals surface area contributed by atoms with Crippen LogP contribution in [0.5, 0.6) is 0 Å². The van der Waals surface area contributed by atoms with E-state index in [4.69, 9.17) is 23.2 Å². The van der Waals surface area contributed by atoms with Gasteiger partial charge in [-0.15, -0.1) is 0 Å². The monoisotopic (exact) mass is 547 g/mol. The van der Waals surface area contributed by atoms with Crippen LogP contribution in [0.25, 0.3) is 0 Å². The summed E-state index contributed by atoms with van der Waals surface area (Å²) >= 11 is 12.3. The van der Waals surface area contributed by atoms with E-state index in [1.807, 2.05) is 6.92 Å². The molecule has 1 atom stereocenters. The molecule has 7 nitrogen and oxygen atoms in total. The number of anilines is 1. The summed E-state index contributed by atoms with van der Waals surface area (Å²) in [6.07, 6.45) is 0. The van der Waals surface area contributed by atoms with Crippen LogP contribution in [0, 0.1) is 6.92 Å². The van der Waals surface area contributed by atoms with Crippen LogP contribution in [0.4, 0.5) is 5.69 Å². The number of aryl methyl sites for hydroxylation is 1. The predicted molar refractivity (Wildman–Crippen MR) is 143 cm³/mol. The zero-order valence-corrected chi connectivity index (χ0v) is 22.4. The van der Waals surface area contributed by atoms with Gasteiger partial charge in [-0.25, -0.2) is 8.42 Å². The van der Waals surface area contributed by atoms with Crippen molar-refractivity contribution < 1.29 is 18.0 Å². The number of halogens is 2. The fourth-order valence-corrected chi connectivity index (χ4v) is 5.31. The van der Waals surface area contributed by atoms with Crippen molar-refractivity contribution in [2.75, 3.05) is 17.9 Å². The van der Waals surface area contributed by atoms with E-state index in [-0.39, 0.29) is 17.1 Å². The van der Waals surface area contributed by atoms with Crippen LogP contribution in [0.1, 0.15) is 18.1 Å². The first-order valence-electron chi connectivity index (χ1n) is 11.1. The van der Waals surface area contributed by atoms with Gasteiger partial charge in [-0.2, -0.15) is 0 Å². The summed E-state index contributed by atoms with van der Waals surface area (Å²) in [5.74, 6) is -0.966. The molecule has 0 aromatic heterocycles. The van der Waals surface area contributed by atoms with E-state index in [2.05, 4.69) is 5.32 Å². The van der Waals surface area contributed by atoms with Crippen LogP contribution in [0.15, 0.2) is 77.7 Å².